The van der Waals surface area contributed by atoms with Gasteiger partial charge in [0, 0.05) is 18.2 Å². The van der Waals surface area contributed by atoms with E-state index < -0.39 is 0 Å². The van der Waals surface area contributed by atoms with Gasteiger partial charge >= 0.3 is 0 Å². The zero-order valence-corrected chi connectivity index (χ0v) is 7.15. The van der Waals surface area contributed by atoms with Crippen LogP contribution < -0.4 is 11.1 Å². The maximum absolute atomic E-state index is 3.94. The molecule has 1 aromatic carbocycles. The Morgan fingerprint density at radius 3 is 2.73 bits per heavy atom. The van der Waals surface area contributed by atoms with Crippen molar-refractivity contribution in [1.82, 2.24) is 5.32 Å². The molecule has 2 nitrogen and oxygen atoms in total. The third-order valence-electron chi connectivity index (χ3n) is 1.79. The van der Waals surface area contributed by atoms with E-state index in [1.165, 1.54) is 11.1 Å². The maximum atomic E-state index is 3.94. The van der Waals surface area contributed by atoms with Gasteiger partial charge in [-0.05, 0) is 19.5 Å². The molecule has 0 aliphatic carbocycles. The van der Waals surface area contributed by atoms with Crippen molar-refractivity contribution in [2.24, 2.45) is 0 Å². The maximum Gasteiger partial charge on any atom is 0.131 e. The van der Waals surface area contributed by atoms with Crippen molar-refractivity contribution in [3.05, 3.63) is 29.3 Å². The molecule has 0 radical (unpaired) electrons. The van der Waals surface area contributed by atoms with Gasteiger partial charge in [-0.25, -0.2) is 0 Å². The standard InChI is InChI=1S/C9H14N2/c1-7-3-4-8(6-11-2)5-9(7)10/h3-5,11H,6,10H2,1-2H3/p+1. The van der Waals surface area contributed by atoms with Gasteiger partial charge in [0.15, 0.2) is 0 Å². The first kappa shape index (κ1) is 8.24. The molecule has 0 spiro atoms. The quantitative estimate of drug-likeness (QED) is 0.638. The third kappa shape index (κ3) is 2.03. The van der Waals surface area contributed by atoms with Crippen LogP contribution >= 0.6 is 0 Å². The number of hydrogen-bond acceptors (Lipinski definition) is 1. The summed E-state index contributed by atoms with van der Waals surface area (Å²) in [6.45, 7) is 2.99. The molecule has 0 aliphatic heterocycles. The van der Waals surface area contributed by atoms with Gasteiger partial charge < -0.3 is 11.1 Å². The van der Waals surface area contributed by atoms with Crippen molar-refractivity contribution in [3.63, 3.8) is 0 Å². The fourth-order valence-corrected chi connectivity index (χ4v) is 1.04. The molecule has 1 rings (SSSR count). The topological polar surface area (TPSA) is 39.7 Å². The highest BCUT2D eigenvalue weighted by Gasteiger charge is 1.97. The van der Waals surface area contributed by atoms with Gasteiger partial charge in [-0.15, -0.1) is 0 Å². The van der Waals surface area contributed by atoms with Crippen LogP contribution in [0.5, 0.6) is 0 Å². The number of nitrogens with one attached hydrogen (secondary N) is 1. The molecule has 0 heterocycles. The van der Waals surface area contributed by atoms with Gasteiger partial charge in [-0.3, -0.25) is 0 Å². The van der Waals surface area contributed by atoms with E-state index >= 15 is 0 Å². The largest absolute Gasteiger partial charge is 0.325 e. The van der Waals surface area contributed by atoms with Crippen LogP contribution in [0.25, 0.3) is 0 Å². The Balaban J connectivity index is 2.86. The Hall–Kier alpha value is -0.860. The summed E-state index contributed by atoms with van der Waals surface area (Å²) >= 11 is 0. The first-order chi connectivity index (χ1) is 5.24. The number of benzene rings is 1. The summed E-state index contributed by atoms with van der Waals surface area (Å²) in [6.07, 6.45) is 0. The van der Waals surface area contributed by atoms with Gasteiger partial charge in [0.2, 0.25) is 0 Å². The molecule has 1 aromatic rings. The van der Waals surface area contributed by atoms with Gasteiger partial charge in [-0.2, -0.15) is 0 Å². The summed E-state index contributed by atoms with van der Waals surface area (Å²) < 4.78 is 0. The molecule has 0 atom stereocenters. The second-order valence-electron chi connectivity index (χ2n) is 2.79. The first-order valence-electron chi connectivity index (χ1n) is 3.80. The molecule has 60 valence electrons. The predicted octanol–water partition coefficient (Wildman–Crippen LogP) is 0.588. The van der Waals surface area contributed by atoms with Crippen LogP contribution in [0, 0.1) is 6.92 Å². The SMILES string of the molecule is CNCc1ccc(C)c([NH3+])c1. The Kier molecular flexibility index (Phi) is 2.63. The zero-order chi connectivity index (χ0) is 8.27. The Morgan fingerprint density at radius 1 is 1.45 bits per heavy atom. The van der Waals surface area contributed by atoms with Crippen molar-refractivity contribution < 1.29 is 5.73 Å². The van der Waals surface area contributed by atoms with Crippen LogP contribution in [-0.2, 0) is 6.54 Å². The molecule has 0 saturated heterocycles. The Labute approximate surface area is 67.4 Å². The lowest BCUT2D eigenvalue weighted by molar-refractivity contribution is -0.255. The van der Waals surface area contributed by atoms with E-state index in [-0.39, 0.29) is 0 Å². The minimum Gasteiger partial charge on any atom is -0.325 e. The van der Waals surface area contributed by atoms with Crippen LogP contribution in [0.4, 0.5) is 5.69 Å². The highest BCUT2D eigenvalue weighted by Crippen LogP contribution is 2.10. The van der Waals surface area contributed by atoms with Crippen LogP contribution in [0.2, 0.25) is 0 Å². The summed E-state index contributed by atoms with van der Waals surface area (Å²) in [5.41, 5.74) is 7.61. The fourth-order valence-electron chi connectivity index (χ4n) is 1.04. The molecule has 4 N–H and O–H groups in total. The molecular formula is C9H15N2+. The highest BCUT2D eigenvalue weighted by molar-refractivity contribution is 5.40. The number of rotatable bonds is 2. The molecular weight excluding hydrogens is 136 g/mol. The summed E-state index contributed by atoms with van der Waals surface area (Å²) in [6, 6.07) is 6.35. The molecule has 0 fully saturated rings. The lowest BCUT2D eigenvalue weighted by Gasteiger charge is -2.00. The molecule has 0 saturated carbocycles. The van der Waals surface area contributed by atoms with Crippen LogP contribution in [0.1, 0.15) is 11.1 Å². The minimum atomic E-state index is 0.919. The zero-order valence-electron chi connectivity index (χ0n) is 7.15. The Bertz CT molecular complexity index is 243. The lowest BCUT2D eigenvalue weighted by atomic mass is 10.1. The molecule has 0 amide bonds. The lowest BCUT2D eigenvalue weighted by Crippen LogP contribution is -2.41. The van der Waals surface area contributed by atoms with E-state index in [0.29, 0.717) is 0 Å². The van der Waals surface area contributed by atoms with Gasteiger partial charge in [-0.1, -0.05) is 12.1 Å². The summed E-state index contributed by atoms with van der Waals surface area (Å²) in [5, 5.41) is 3.10. The third-order valence-corrected chi connectivity index (χ3v) is 1.79. The van der Waals surface area contributed by atoms with Crippen molar-refractivity contribution in [2.45, 2.75) is 13.5 Å². The van der Waals surface area contributed by atoms with Crippen molar-refractivity contribution in [2.75, 3.05) is 7.05 Å². The smallest absolute Gasteiger partial charge is 0.131 e. The minimum absolute atomic E-state index is 0.919. The number of hydrogen-bond donors (Lipinski definition) is 2. The molecule has 0 unspecified atom stereocenters. The average Bonchev–Trinajstić information content (AvgIpc) is 1.98. The van der Waals surface area contributed by atoms with Gasteiger partial charge in [0.25, 0.3) is 0 Å². The van der Waals surface area contributed by atoms with Crippen LogP contribution in [0.15, 0.2) is 18.2 Å². The van der Waals surface area contributed by atoms with Crippen molar-refractivity contribution in [1.29, 1.82) is 0 Å². The average molecular weight is 151 g/mol. The fraction of sp³-hybridized carbons (Fsp3) is 0.333. The number of quaternary nitrogens is 1. The number of aryl methyl sites for hydroxylation is 1. The molecule has 0 bridgehead atoms. The van der Waals surface area contributed by atoms with Gasteiger partial charge in [0.05, 0.1) is 0 Å². The molecule has 0 aromatic heterocycles. The molecule has 2 heteroatoms. The summed E-state index contributed by atoms with van der Waals surface area (Å²) in [7, 11) is 1.95. The monoisotopic (exact) mass is 151 g/mol. The van der Waals surface area contributed by atoms with E-state index in [1.807, 2.05) is 7.05 Å². The van der Waals surface area contributed by atoms with E-state index in [1.54, 1.807) is 0 Å². The second-order valence-corrected chi connectivity index (χ2v) is 2.79. The predicted molar refractivity (Wildman–Crippen MR) is 46.5 cm³/mol. The normalized spacial score (nSPS) is 10.1. The highest BCUT2D eigenvalue weighted by atomic mass is 14.8. The second kappa shape index (κ2) is 3.51. The van der Waals surface area contributed by atoms with E-state index in [4.69, 9.17) is 0 Å². The van der Waals surface area contributed by atoms with E-state index in [0.717, 1.165) is 12.2 Å². The van der Waals surface area contributed by atoms with Gasteiger partial charge in [0.1, 0.15) is 5.69 Å². The van der Waals surface area contributed by atoms with E-state index in [9.17, 15) is 0 Å². The summed E-state index contributed by atoms with van der Waals surface area (Å²) in [5.74, 6) is 0. The van der Waals surface area contributed by atoms with Crippen molar-refractivity contribution in [3.8, 4) is 0 Å². The van der Waals surface area contributed by atoms with E-state index in [2.05, 4.69) is 36.2 Å². The summed E-state index contributed by atoms with van der Waals surface area (Å²) in [4.78, 5) is 0. The van der Waals surface area contributed by atoms with Crippen LogP contribution in [-0.4, -0.2) is 7.05 Å². The van der Waals surface area contributed by atoms with Crippen molar-refractivity contribution >= 4 is 5.69 Å². The Morgan fingerprint density at radius 2 is 2.18 bits per heavy atom. The molecule has 0 aliphatic rings. The van der Waals surface area contributed by atoms with Crippen LogP contribution in [0.3, 0.4) is 0 Å². The molecule has 11 heavy (non-hydrogen) atoms. The first-order valence-corrected chi connectivity index (χ1v) is 3.80.